The van der Waals surface area contributed by atoms with Gasteiger partial charge in [0.1, 0.15) is 0 Å². The minimum Gasteiger partial charge on any atom is -0.478 e. The van der Waals surface area contributed by atoms with Crippen molar-refractivity contribution in [1.82, 2.24) is 0 Å². The molecule has 104 valence electrons. The predicted octanol–water partition coefficient (Wildman–Crippen LogP) is 3.00. The number of rotatable bonds is 4. The first kappa shape index (κ1) is 14.3. The molecule has 1 fully saturated rings. The summed E-state index contributed by atoms with van der Waals surface area (Å²) in [6.07, 6.45) is 3.94. The Kier molecular flexibility index (Phi) is 4.16. The zero-order chi connectivity index (χ0) is 14.0. The van der Waals surface area contributed by atoms with E-state index in [0.29, 0.717) is 0 Å². The largest absolute Gasteiger partial charge is 0.478 e. The minimum atomic E-state index is -3.53. The molecule has 1 aromatic rings. The highest BCUT2D eigenvalue weighted by Crippen LogP contribution is 2.30. The monoisotopic (exact) mass is 302 g/mol. The summed E-state index contributed by atoms with van der Waals surface area (Å²) in [6, 6.07) is 3.78. The van der Waals surface area contributed by atoms with Crippen LogP contribution in [-0.2, 0) is 9.84 Å². The Hall–Kier alpha value is -1.07. The molecule has 0 heterocycles. The molecule has 0 atom stereocenters. The van der Waals surface area contributed by atoms with Gasteiger partial charge in [0.05, 0.1) is 21.2 Å². The Balaban J connectivity index is 2.33. The van der Waals surface area contributed by atoms with Crippen LogP contribution in [0.1, 0.15) is 36.0 Å². The summed E-state index contributed by atoms with van der Waals surface area (Å²) in [7, 11) is -3.53. The van der Waals surface area contributed by atoms with E-state index < -0.39 is 15.8 Å². The van der Waals surface area contributed by atoms with Crippen molar-refractivity contribution in [3.8, 4) is 0 Å². The van der Waals surface area contributed by atoms with Crippen molar-refractivity contribution in [3.05, 3.63) is 28.8 Å². The fourth-order valence-corrected chi connectivity index (χ4v) is 4.73. The molecule has 0 amide bonds. The lowest BCUT2D eigenvalue weighted by Gasteiger charge is -2.11. The number of benzene rings is 1. The maximum atomic E-state index is 12.3. The van der Waals surface area contributed by atoms with E-state index in [9.17, 15) is 13.2 Å². The van der Waals surface area contributed by atoms with Gasteiger partial charge in [0.25, 0.3) is 0 Å². The number of aromatic carboxylic acids is 1. The minimum absolute atomic E-state index is 0.0514. The number of carboxylic acids is 1. The van der Waals surface area contributed by atoms with E-state index in [-0.39, 0.29) is 27.2 Å². The summed E-state index contributed by atoms with van der Waals surface area (Å²) >= 11 is 5.90. The summed E-state index contributed by atoms with van der Waals surface area (Å²) in [5, 5.41) is 9.00. The van der Waals surface area contributed by atoms with Gasteiger partial charge in [-0.25, -0.2) is 13.2 Å². The normalized spacial score (nSPS) is 16.7. The smallest absolute Gasteiger partial charge is 0.335 e. The van der Waals surface area contributed by atoms with Gasteiger partial charge < -0.3 is 5.11 Å². The first-order valence-corrected chi connectivity index (χ1v) is 8.19. The van der Waals surface area contributed by atoms with Crippen molar-refractivity contribution < 1.29 is 18.3 Å². The number of carbonyl (C=O) groups is 1. The number of hydrogen-bond acceptors (Lipinski definition) is 3. The molecule has 2 rings (SSSR count). The van der Waals surface area contributed by atoms with Crippen LogP contribution in [0.15, 0.2) is 23.1 Å². The maximum Gasteiger partial charge on any atom is 0.335 e. The van der Waals surface area contributed by atoms with Gasteiger partial charge in [0.2, 0.25) is 0 Å². The van der Waals surface area contributed by atoms with Crippen molar-refractivity contribution >= 4 is 27.4 Å². The molecule has 0 radical (unpaired) electrons. The van der Waals surface area contributed by atoms with Crippen molar-refractivity contribution in [2.45, 2.75) is 30.6 Å². The van der Waals surface area contributed by atoms with E-state index in [1.807, 2.05) is 0 Å². The van der Waals surface area contributed by atoms with Crippen LogP contribution in [0.2, 0.25) is 5.02 Å². The van der Waals surface area contributed by atoms with E-state index >= 15 is 0 Å². The molecule has 0 aliphatic heterocycles. The van der Waals surface area contributed by atoms with Crippen LogP contribution in [-0.4, -0.2) is 25.2 Å². The summed E-state index contributed by atoms with van der Waals surface area (Å²) in [4.78, 5) is 10.8. The molecule has 1 N–H and O–H groups in total. The molecule has 1 saturated carbocycles. The van der Waals surface area contributed by atoms with Crippen LogP contribution in [0, 0.1) is 5.92 Å². The molecule has 1 aliphatic carbocycles. The molecule has 0 unspecified atom stereocenters. The first-order valence-electron chi connectivity index (χ1n) is 6.16. The third-order valence-electron chi connectivity index (χ3n) is 3.44. The highest BCUT2D eigenvalue weighted by molar-refractivity contribution is 7.91. The average Bonchev–Trinajstić information content (AvgIpc) is 2.81. The van der Waals surface area contributed by atoms with Crippen molar-refractivity contribution in [3.63, 3.8) is 0 Å². The van der Waals surface area contributed by atoms with Crippen LogP contribution in [0.25, 0.3) is 0 Å². The molecule has 0 spiro atoms. The maximum absolute atomic E-state index is 12.3. The summed E-state index contributed by atoms with van der Waals surface area (Å²) < 4.78 is 24.6. The van der Waals surface area contributed by atoms with Crippen molar-refractivity contribution in [1.29, 1.82) is 0 Å². The molecule has 0 bridgehead atoms. The van der Waals surface area contributed by atoms with Crippen LogP contribution < -0.4 is 0 Å². The van der Waals surface area contributed by atoms with Crippen molar-refractivity contribution in [2.75, 3.05) is 5.75 Å². The van der Waals surface area contributed by atoms with Crippen molar-refractivity contribution in [2.24, 2.45) is 5.92 Å². The number of halogens is 1. The highest BCUT2D eigenvalue weighted by atomic mass is 35.5. The fourth-order valence-electron chi connectivity index (χ4n) is 2.45. The zero-order valence-electron chi connectivity index (χ0n) is 10.3. The topological polar surface area (TPSA) is 71.4 Å². The quantitative estimate of drug-likeness (QED) is 0.928. The number of carboxylic acid groups (broad SMARTS) is 1. The zero-order valence-corrected chi connectivity index (χ0v) is 11.9. The van der Waals surface area contributed by atoms with Crippen LogP contribution in [0.3, 0.4) is 0 Å². The van der Waals surface area contributed by atoms with Gasteiger partial charge in [-0.1, -0.05) is 24.4 Å². The number of sulfone groups is 1. The second kappa shape index (κ2) is 5.51. The van der Waals surface area contributed by atoms with E-state index in [4.69, 9.17) is 16.7 Å². The van der Waals surface area contributed by atoms with E-state index in [1.54, 1.807) is 0 Å². The van der Waals surface area contributed by atoms with Gasteiger partial charge >= 0.3 is 5.97 Å². The van der Waals surface area contributed by atoms with Gasteiger partial charge in [0, 0.05) is 0 Å². The molecule has 0 aromatic heterocycles. The van der Waals surface area contributed by atoms with Gasteiger partial charge in [-0.05, 0) is 37.0 Å². The summed E-state index contributed by atoms with van der Waals surface area (Å²) in [5.41, 5.74) is -0.0607. The Morgan fingerprint density at radius 2 is 1.95 bits per heavy atom. The van der Waals surface area contributed by atoms with Crippen LogP contribution >= 0.6 is 11.6 Å². The Morgan fingerprint density at radius 1 is 1.32 bits per heavy atom. The number of hydrogen-bond donors (Lipinski definition) is 1. The third kappa shape index (κ3) is 3.28. The Bertz CT molecular complexity index is 589. The molecular formula is C13H15ClO4S. The lowest BCUT2D eigenvalue weighted by atomic mass is 10.1. The highest BCUT2D eigenvalue weighted by Gasteiger charge is 2.26. The lowest BCUT2D eigenvalue weighted by molar-refractivity contribution is 0.0696. The second-order valence-corrected chi connectivity index (χ2v) is 7.29. The SMILES string of the molecule is O=C(O)c1ccc(Cl)c(S(=O)(=O)CC2CCCC2)c1. The molecule has 6 heteroatoms. The van der Waals surface area contributed by atoms with E-state index in [0.717, 1.165) is 31.7 Å². The second-order valence-electron chi connectivity index (χ2n) is 4.88. The predicted molar refractivity (Wildman–Crippen MR) is 72.4 cm³/mol. The van der Waals surface area contributed by atoms with Gasteiger partial charge in [-0.15, -0.1) is 0 Å². The molecule has 19 heavy (non-hydrogen) atoms. The van der Waals surface area contributed by atoms with Gasteiger partial charge in [-0.3, -0.25) is 0 Å². The van der Waals surface area contributed by atoms with Gasteiger partial charge in [-0.2, -0.15) is 0 Å². The fraction of sp³-hybridized carbons (Fsp3) is 0.462. The summed E-state index contributed by atoms with van der Waals surface area (Å²) in [5.74, 6) is -0.945. The first-order chi connectivity index (χ1) is 8.90. The molecule has 1 aliphatic rings. The van der Waals surface area contributed by atoms with E-state index in [1.165, 1.54) is 12.1 Å². The lowest BCUT2D eigenvalue weighted by Crippen LogP contribution is -2.15. The molecule has 1 aromatic carbocycles. The molecule has 0 saturated heterocycles. The van der Waals surface area contributed by atoms with E-state index in [2.05, 4.69) is 0 Å². The standard InChI is InChI=1S/C13H15ClO4S/c14-11-6-5-10(13(15)16)7-12(11)19(17,18)8-9-3-1-2-4-9/h5-7,9H,1-4,8H2,(H,15,16). The third-order valence-corrected chi connectivity index (χ3v) is 5.80. The average molecular weight is 303 g/mol. The molecular weight excluding hydrogens is 288 g/mol. The molecule has 4 nitrogen and oxygen atoms in total. The van der Waals surface area contributed by atoms with Crippen LogP contribution in [0.5, 0.6) is 0 Å². The summed E-state index contributed by atoms with van der Waals surface area (Å²) in [6.45, 7) is 0. The Labute approximate surface area is 117 Å². The van der Waals surface area contributed by atoms with Gasteiger partial charge in [0.15, 0.2) is 9.84 Å². The Morgan fingerprint density at radius 3 is 2.53 bits per heavy atom. The van der Waals surface area contributed by atoms with Crippen LogP contribution in [0.4, 0.5) is 0 Å².